The number of hydrogen-bond donors (Lipinski definition) is 1. The monoisotopic (exact) mass is 222 g/mol. The van der Waals surface area contributed by atoms with Gasteiger partial charge in [-0.2, -0.15) is 0 Å². The van der Waals surface area contributed by atoms with Crippen molar-refractivity contribution < 1.29 is 14.6 Å². The first-order chi connectivity index (χ1) is 7.11. The molecule has 15 heavy (non-hydrogen) atoms. The number of ether oxygens (including phenoxy) is 1. The van der Waals surface area contributed by atoms with Crippen LogP contribution in [0.5, 0.6) is 5.75 Å². The Bertz CT molecular complexity index is 528. The summed E-state index contributed by atoms with van der Waals surface area (Å²) < 4.78 is 6.11. The molecule has 0 saturated carbocycles. The number of aromatic carboxylic acids is 1. The molecule has 0 fully saturated rings. The highest BCUT2D eigenvalue weighted by atomic mass is 32.1. The number of carboxylic acids is 1. The fourth-order valence-corrected chi connectivity index (χ4v) is 2.49. The molecule has 3 nitrogen and oxygen atoms in total. The molecular weight excluding hydrogens is 212 g/mol. The summed E-state index contributed by atoms with van der Waals surface area (Å²) in [5.74, 6) is -0.154. The molecule has 0 atom stereocenters. The molecule has 0 aliphatic carbocycles. The highest BCUT2D eigenvalue weighted by molar-refractivity contribution is 7.21. The molecule has 0 bridgehead atoms. The predicted molar refractivity (Wildman–Crippen MR) is 60.1 cm³/mol. The molecule has 1 N–H and O–H groups in total. The van der Waals surface area contributed by atoms with E-state index in [1.54, 1.807) is 13.2 Å². The molecule has 1 heterocycles. The van der Waals surface area contributed by atoms with E-state index in [9.17, 15) is 4.79 Å². The smallest absolute Gasteiger partial charge is 0.345 e. The van der Waals surface area contributed by atoms with Gasteiger partial charge >= 0.3 is 5.97 Å². The molecule has 78 valence electrons. The molecule has 0 aliphatic rings. The molecule has 0 radical (unpaired) electrons. The first-order valence-electron chi connectivity index (χ1n) is 4.43. The van der Waals surface area contributed by atoms with E-state index in [0.717, 1.165) is 21.4 Å². The lowest BCUT2D eigenvalue weighted by molar-refractivity contribution is 0.0702. The van der Waals surface area contributed by atoms with Gasteiger partial charge in [-0.3, -0.25) is 0 Å². The van der Waals surface area contributed by atoms with Crippen LogP contribution in [0, 0.1) is 6.92 Å². The van der Waals surface area contributed by atoms with Crippen molar-refractivity contribution in [3.05, 3.63) is 28.6 Å². The van der Waals surface area contributed by atoms with E-state index in [2.05, 4.69) is 0 Å². The van der Waals surface area contributed by atoms with Gasteiger partial charge in [0.05, 0.1) is 11.8 Å². The third-order valence-corrected chi connectivity index (χ3v) is 3.31. The molecule has 1 aromatic carbocycles. The van der Waals surface area contributed by atoms with Crippen LogP contribution in [-0.2, 0) is 0 Å². The molecule has 0 amide bonds. The van der Waals surface area contributed by atoms with E-state index < -0.39 is 5.97 Å². The minimum absolute atomic E-state index is 0.342. The predicted octanol–water partition coefficient (Wildman–Crippen LogP) is 2.92. The lowest BCUT2D eigenvalue weighted by Gasteiger charge is -2.02. The van der Waals surface area contributed by atoms with Crippen molar-refractivity contribution in [2.24, 2.45) is 0 Å². The second kappa shape index (κ2) is 3.55. The van der Waals surface area contributed by atoms with Gasteiger partial charge in [-0.25, -0.2) is 4.79 Å². The molecular formula is C11H10O3S. The number of fused-ring (bicyclic) bond motifs is 1. The fraction of sp³-hybridized carbons (Fsp3) is 0.182. The van der Waals surface area contributed by atoms with E-state index in [1.807, 2.05) is 19.1 Å². The van der Waals surface area contributed by atoms with Crippen molar-refractivity contribution in [1.29, 1.82) is 0 Å². The molecule has 4 heteroatoms. The lowest BCUT2D eigenvalue weighted by Crippen LogP contribution is -1.89. The van der Waals surface area contributed by atoms with Crippen LogP contribution >= 0.6 is 11.3 Å². The van der Waals surface area contributed by atoms with Crippen LogP contribution in [-0.4, -0.2) is 18.2 Å². The van der Waals surface area contributed by atoms with Gasteiger partial charge in [-0.15, -0.1) is 11.3 Å². The number of carboxylic acid groups (broad SMARTS) is 1. The molecule has 0 aliphatic heterocycles. The zero-order valence-corrected chi connectivity index (χ0v) is 9.22. The number of carbonyl (C=O) groups is 1. The molecule has 2 aromatic rings. The maximum Gasteiger partial charge on any atom is 0.345 e. The van der Waals surface area contributed by atoms with Gasteiger partial charge in [0.15, 0.2) is 0 Å². The Morgan fingerprint density at radius 1 is 1.40 bits per heavy atom. The quantitative estimate of drug-likeness (QED) is 0.849. The third-order valence-electron chi connectivity index (χ3n) is 2.16. The van der Waals surface area contributed by atoms with Gasteiger partial charge < -0.3 is 9.84 Å². The van der Waals surface area contributed by atoms with Crippen molar-refractivity contribution in [2.45, 2.75) is 6.92 Å². The summed E-state index contributed by atoms with van der Waals surface area (Å²) >= 11 is 1.24. The number of thiophene rings is 1. The molecule has 0 saturated heterocycles. The Kier molecular flexibility index (Phi) is 2.36. The minimum atomic E-state index is -0.893. The number of hydrogen-bond acceptors (Lipinski definition) is 3. The number of methoxy groups -OCH3 is 1. The summed E-state index contributed by atoms with van der Waals surface area (Å²) in [5.41, 5.74) is 1.06. The van der Waals surface area contributed by atoms with Crippen LogP contribution in [0.3, 0.4) is 0 Å². The van der Waals surface area contributed by atoms with Gasteiger partial charge in [0.25, 0.3) is 0 Å². The summed E-state index contributed by atoms with van der Waals surface area (Å²) in [6.07, 6.45) is 0. The second-order valence-electron chi connectivity index (χ2n) is 3.30. The summed E-state index contributed by atoms with van der Waals surface area (Å²) in [5, 5.41) is 9.81. The first kappa shape index (κ1) is 9.98. The summed E-state index contributed by atoms with van der Waals surface area (Å²) in [4.78, 5) is 11.2. The van der Waals surface area contributed by atoms with Crippen molar-refractivity contribution >= 4 is 27.4 Å². The van der Waals surface area contributed by atoms with Crippen molar-refractivity contribution in [3.63, 3.8) is 0 Å². The van der Waals surface area contributed by atoms with Crippen molar-refractivity contribution in [1.82, 2.24) is 0 Å². The van der Waals surface area contributed by atoms with E-state index in [0.29, 0.717) is 4.88 Å². The van der Waals surface area contributed by atoms with Crippen LogP contribution in [0.4, 0.5) is 0 Å². The second-order valence-corrected chi connectivity index (χ2v) is 4.35. The van der Waals surface area contributed by atoms with Crippen LogP contribution in [0.1, 0.15) is 15.2 Å². The third kappa shape index (κ3) is 1.68. The minimum Gasteiger partial charge on any atom is -0.495 e. The highest BCUT2D eigenvalue weighted by Crippen LogP contribution is 2.34. The van der Waals surface area contributed by atoms with Crippen LogP contribution < -0.4 is 4.74 Å². The summed E-state index contributed by atoms with van der Waals surface area (Å²) in [7, 11) is 1.59. The molecule has 0 unspecified atom stereocenters. The highest BCUT2D eigenvalue weighted by Gasteiger charge is 2.11. The largest absolute Gasteiger partial charge is 0.495 e. The zero-order valence-electron chi connectivity index (χ0n) is 8.40. The van der Waals surface area contributed by atoms with Crippen molar-refractivity contribution in [3.8, 4) is 5.75 Å². The standard InChI is InChI=1S/C11H10O3S/c1-6-3-7-5-9(11(12)13)15-10(7)8(4-6)14-2/h3-5H,1-2H3,(H,12,13). The molecule has 1 aromatic heterocycles. The van der Waals surface area contributed by atoms with Crippen LogP contribution in [0.2, 0.25) is 0 Å². The fourth-order valence-electron chi connectivity index (χ4n) is 1.52. The van der Waals surface area contributed by atoms with Gasteiger partial charge in [0, 0.05) is 0 Å². The van der Waals surface area contributed by atoms with E-state index in [-0.39, 0.29) is 0 Å². The van der Waals surface area contributed by atoms with E-state index in [1.165, 1.54) is 11.3 Å². The van der Waals surface area contributed by atoms with Gasteiger partial charge in [-0.05, 0) is 30.0 Å². The van der Waals surface area contributed by atoms with E-state index >= 15 is 0 Å². The first-order valence-corrected chi connectivity index (χ1v) is 5.25. The van der Waals surface area contributed by atoms with E-state index in [4.69, 9.17) is 9.84 Å². The zero-order chi connectivity index (χ0) is 11.0. The molecule has 0 spiro atoms. The summed E-state index contributed by atoms with van der Waals surface area (Å²) in [6.45, 7) is 1.96. The number of aryl methyl sites for hydroxylation is 1. The maximum absolute atomic E-state index is 10.8. The Labute approximate surface area is 90.9 Å². The van der Waals surface area contributed by atoms with Gasteiger partial charge in [0.2, 0.25) is 0 Å². The summed E-state index contributed by atoms with van der Waals surface area (Å²) in [6, 6.07) is 5.54. The van der Waals surface area contributed by atoms with Gasteiger partial charge in [-0.1, -0.05) is 6.07 Å². The van der Waals surface area contributed by atoms with Crippen LogP contribution in [0.15, 0.2) is 18.2 Å². The Morgan fingerprint density at radius 3 is 2.73 bits per heavy atom. The maximum atomic E-state index is 10.8. The Balaban J connectivity index is 2.74. The Morgan fingerprint density at radius 2 is 2.13 bits per heavy atom. The number of benzene rings is 1. The Hall–Kier alpha value is -1.55. The average Bonchev–Trinajstić information content (AvgIpc) is 2.59. The topological polar surface area (TPSA) is 46.5 Å². The lowest BCUT2D eigenvalue weighted by atomic mass is 10.1. The molecule has 2 rings (SSSR count). The van der Waals surface area contributed by atoms with Crippen molar-refractivity contribution in [2.75, 3.05) is 7.11 Å². The average molecular weight is 222 g/mol. The van der Waals surface area contributed by atoms with Gasteiger partial charge in [0.1, 0.15) is 10.6 Å². The van der Waals surface area contributed by atoms with Crippen LogP contribution in [0.25, 0.3) is 10.1 Å². The number of rotatable bonds is 2. The SMILES string of the molecule is COc1cc(C)cc2cc(C(=O)O)sc12. The normalized spacial score (nSPS) is 10.5.